The monoisotopic (exact) mass is 291 g/mol. The molecule has 2 rings (SSSR count). The Bertz CT molecular complexity index is 599. The number of fused-ring (bicyclic) bond motifs is 1. The first-order valence-electron chi connectivity index (χ1n) is 6.86. The van der Waals surface area contributed by atoms with Crippen LogP contribution in [0.25, 0.3) is 10.9 Å². The summed E-state index contributed by atoms with van der Waals surface area (Å²) < 4.78 is 17.4. The number of benzene rings is 1. The van der Waals surface area contributed by atoms with Crippen molar-refractivity contribution in [2.24, 2.45) is 7.05 Å². The van der Waals surface area contributed by atoms with Crippen molar-refractivity contribution in [3.05, 3.63) is 36.0 Å². The zero-order chi connectivity index (χ0) is 15.2. The van der Waals surface area contributed by atoms with Gasteiger partial charge in [0, 0.05) is 32.5 Å². The number of methoxy groups -OCH3 is 2. The van der Waals surface area contributed by atoms with Crippen LogP contribution in [0.2, 0.25) is 0 Å². The second-order valence-corrected chi connectivity index (χ2v) is 4.95. The largest absolute Gasteiger partial charge is 0.457 e. The Kier molecular flexibility index (Phi) is 5.36. The van der Waals surface area contributed by atoms with Crippen molar-refractivity contribution in [3.8, 4) is 0 Å². The standard InChI is InChI=1S/C16H21NO4/c1-17-13(8-12-6-4-5-7-15(12)17)9-16(18)21-14(10-19-2)11-20-3/h4-8,14H,9-11H2,1-3H3. The van der Waals surface area contributed by atoms with E-state index in [4.69, 9.17) is 14.2 Å². The zero-order valence-electron chi connectivity index (χ0n) is 12.7. The van der Waals surface area contributed by atoms with E-state index in [0.717, 1.165) is 16.6 Å². The summed E-state index contributed by atoms with van der Waals surface area (Å²) in [6.45, 7) is 0.656. The molecule has 0 bridgehead atoms. The van der Waals surface area contributed by atoms with Crippen LogP contribution in [-0.2, 0) is 32.5 Å². The van der Waals surface area contributed by atoms with Crippen LogP contribution < -0.4 is 0 Å². The molecule has 0 atom stereocenters. The highest BCUT2D eigenvalue weighted by Gasteiger charge is 2.16. The second kappa shape index (κ2) is 7.24. The zero-order valence-corrected chi connectivity index (χ0v) is 12.7. The maximum Gasteiger partial charge on any atom is 0.312 e. The third-order valence-electron chi connectivity index (χ3n) is 3.38. The molecule has 1 aromatic heterocycles. The van der Waals surface area contributed by atoms with Gasteiger partial charge in [0.15, 0.2) is 0 Å². The van der Waals surface area contributed by atoms with Crippen molar-refractivity contribution in [2.45, 2.75) is 12.5 Å². The average Bonchev–Trinajstić information content (AvgIpc) is 2.76. The lowest BCUT2D eigenvalue weighted by Crippen LogP contribution is -2.28. The van der Waals surface area contributed by atoms with E-state index in [1.165, 1.54) is 0 Å². The van der Waals surface area contributed by atoms with Gasteiger partial charge in [-0.3, -0.25) is 4.79 Å². The fourth-order valence-corrected chi connectivity index (χ4v) is 2.38. The summed E-state index contributed by atoms with van der Waals surface area (Å²) in [5, 5.41) is 1.12. The highest BCUT2D eigenvalue weighted by atomic mass is 16.6. The Balaban J connectivity index is 2.05. The predicted molar refractivity (Wildman–Crippen MR) is 80.3 cm³/mol. The minimum Gasteiger partial charge on any atom is -0.457 e. The van der Waals surface area contributed by atoms with E-state index in [9.17, 15) is 4.79 Å². The van der Waals surface area contributed by atoms with Crippen LogP contribution in [0.4, 0.5) is 0 Å². The van der Waals surface area contributed by atoms with Crippen molar-refractivity contribution < 1.29 is 19.0 Å². The van der Waals surface area contributed by atoms with Gasteiger partial charge in [-0.25, -0.2) is 0 Å². The minimum absolute atomic E-state index is 0.231. The Morgan fingerprint density at radius 1 is 1.19 bits per heavy atom. The maximum atomic E-state index is 12.1. The number of nitrogens with zero attached hydrogens (tertiary/aromatic N) is 1. The molecule has 0 aliphatic rings. The maximum absolute atomic E-state index is 12.1. The fourth-order valence-electron chi connectivity index (χ4n) is 2.38. The number of ether oxygens (including phenoxy) is 3. The van der Waals surface area contributed by atoms with Gasteiger partial charge in [-0.15, -0.1) is 0 Å². The Morgan fingerprint density at radius 3 is 2.48 bits per heavy atom. The van der Waals surface area contributed by atoms with Gasteiger partial charge in [-0.2, -0.15) is 0 Å². The van der Waals surface area contributed by atoms with Gasteiger partial charge in [0.05, 0.1) is 19.6 Å². The van der Waals surface area contributed by atoms with Gasteiger partial charge in [0.1, 0.15) is 6.10 Å². The topological polar surface area (TPSA) is 49.7 Å². The van der Waals surface area contributed by atoms with E-state index >= 15 is 0 Å². The Labute approximate surface area is 124 Å². The molecule has 114 valence electrons. The van der Waals surface area contributed by atoms with Crippen LogP contribution in [0, 0.1) is 0 Å². The van der Waals surface area contributed by atoms with Crippen LogP contribution in [-0.4, -0.2) is 44.1 Å². The smallest absolute Gasteiger partial charge is 0.312 e. The van der Waals surface area contributed by atoms with Crippen molar-refractivity contribution in [1.82, 2.24) is 4.57 Å². The van der Waals surface area contributed by atoms with Gasteiger partial charge in [-0.1, -0.05) is 18.2 Å². The first-order valence-corrected chi connectivity index (χ1v) is 6.86. The summed E-state index contributed by atoms with van der Waals surface area (Å²) in [4.78, 5) is 12.1. The van der Waals surface area contributed by atoms with Gasteiger partial charge >= 0.3 is 5.97 Å². The number of rotatable bonds is 7. The number of aromatic nitrogens is 1. The molecule has 0 unspecified atom stereocenters. The van der Waals surface area contributed by atoms with Gasteiger partial charge < -0.3 is 18.8 Å². The summed E-state index contributed by atoms with van der Waals surface area (Å²) in [6, 6.07) is 10.0. The summed E-state index contributed by atoms with van der Waals surface area (Å²) >= 11 is 0. The van der Waals surface area contributed by atoms with Gasteiger partial charge in [0.2, 0.25) is 0 Å². The highest BCUT2D eigenvalue weighted by Crippen LogP contribution is 2.19. The molecule has 0 N–H and O–H groups in total. The quantitative estimate of drug-likeness (QED) is 0.731. The summed E-state index contributed by atoms with van der Waals surface area (Å²) in [7, 11) is 5.09. The lowest BCUT2D eigenvalue weighted by atomic mass is 10.2. The first-order chi connectivity index (χ1) is 10.2. The van der Waals surface area contributed by atoms with E-state index in [1.54, 1.807) is 14.2 Å². The van der Waals surface area contributed by atoms with Crippen molar-refractivity contribution in [2.75, 3.05) is 27.4 Å². The third-order valence-corrected chi connectivity index (χ3v) is 3.38. The molecule has 0 saturated heterocycles. The van der Waals surface area contributed by atoms with Crippen LogP contribution in [0.5, 0.6) is 0 Å². The van der Waals surface area contributed by atoms with E-state index in [1.807, 2.05) is 41.9 Å². The fraction of sp³-hybridized carbons (Fsp3) is 0.438. The number of aryl methyl sites for hydroxylation is 1. The molecule has 0 saturated carbocycles. The van der Waals surface area contributed by atoms with Gasteiger partial charge in [0.25, 0.3) is 0 Å². The Hall–Kier alpha value is -1.85. The summed E-state index contributed by atoms with van der Waals surface area (Å²) in [6.07, 6.45) is -0.142. The normalized spacial score (nSPS) is 11.2. The number of hydrogen-bond acceptors (Lipinski definition) is 4. The summed E-state index contributed by atoms with van der Waals surface area (Å²) in [5.74, 6) is -0.278. The molecule has 0 spiro atoms. The van der Waals surface area contributed by atoms with Crippen LogP contribution in [0.1, 0.15) is 5.69 Å². The molecular weight excluding hydrogens is 270 g/mol. The third kappa shape index (κ3) is 3.83. The van der Waals surface area contributed by atoms with Crippen molar-refractivity contribution in [1.29, 1.82) is 0 Å². The molecule has 0 aliphatic carbocycles. The average molecular weight is 291 g/mol. The van der Waals surface area contributed by atoms with E-state index < -0.39 is 0 Å². The molecule has 1 aromatic carbocycles. The van der Waals surface area contributed by atoms with E-state index in [0.29, 0.717) is 13.2 Å². The molecule has 0 amide bonds. The molecule has 5 heteroatoms. The number of hydrogen-bond donors (Lipinski definition) is 0. The van der Waals surface area contributed by atoms with E-state index in [2.05, 4.69) is 0 Å². The lowest BCUT2D eigenvalue weighted by Gasteiger charge is -2.16. The van der Waals surface area contributed by atoms with Crippen LogP contribution in [0.15, 0.2) is 30.3 Å². The van der Waals surface area contributed by atoms with Gasteiger partial charge in [-0.05, 0) is 17.5 Å². The number of esters is 1. The first kappa shape index (κ1) is 15.5. The number of carbonyl (C=O) groups is 1. The SMILES string of the molecule is COCC(COC)OC(=O)Cc1cc2ccccc2n1C. The molecular formula is C16H21NO4. The molecule has 5 nitrogen and oxygen atoms in total. The van der Waals surface area contributed by atoms with E-state index in [-0.39, 0.29) is 18.5 Å². The van der Waals surface area contributed by atoms with Crippen molar-refractivity contribution in [3.63, 3.8) is 0 Å². The van der Waals surface area contributed by atoms with Crippen molar-refractivity contribution >= 4 is 16.9 Å². The predicted octanol–water partition coefficient (Wildman–Crippen LogP) is 1.93. The highest BCUT2D eigenvalue weighted by molar-refractivity contribution is 5.83. The summed E-state index contributed by atoms with van der Waals surface area (Å²) in [5.41, 5.74) is 2.03. The minimum atomic E-state index is -0.373. The number of carbonyl (C=O) groups excluding carboxylic acids is 1. The lowest BCUT2D eigenvalue weighted by molar-refractivity contribution is -0.153. The molecule has 0 fully saturated rings. The molecule has 2 aromatic rings. The molecule has 21 heavy (non-hydrogen) atoms. The molecule has 0 radical (unpaired) electrons. The van der Waals surface area contributed by atoms with Crippen LogP contribution in [0.3, 0.4) is 0 Å². The van der Waals surface area contributed by atoms with Crippen LogP contribution >= 0.6 is 0 Å². The Morgan fingerprint density at radius 2 is 1.86 bits per heavy atom. The molecule has 0 aliphatic heterocycles. The molecule has 1 heterocycles. The number of para-hydroxylation sites is 1. The second-order valence-electron chi connectivity index (χ2n) is 4.95.